The third-order valence-electron chi connectivity index (χ3n) is 14.8. The zero-order valence-electron chi connectivity index (χ0n) is 63.6. The van der Waals surface area contributed by atoms with Crippen LogP contribution in [0.1, 0.15) is 208 Å². The lowest BCUT2D eigenvalue weighted by molar-refractivity contribution is -0.146. The second-order valence-corrected chi connectivity index (χ2v) is 30.4. The summed E-state index contributed by atoms with van der Waals surface area (Å²) in [7, 11) is 8.71. The van der Waals surface area contributed by atoms with Gasteiger partial charge in [-0.25, -0.2) is 57.5 Å². The number of carbonyl (C=O) groups excluding carboxylic acids is 8. The Bertz CT molecular complexity index is 2640. The van der Waals surface area contributed by atoms with Crippen molar-refractivity contribution in [1.82, 2.24) is 29.4 Å². The highest BCUT2D eigenvalue weighted by atomic mass is 16.6. The van der Waals surface area contributed by atoms with Gasteiger partial charge < -0.3 is 87.5 Å². The van der Waals surface area contributed by atoms with E-state index >= 15 is 0 Å². The van der Waals surface area contributed by atoms with Gasteiger partial charge in [-0.1, -0.05) is 44.6 Å². The van der Waals surface area contributed by atoms with Crippen LogP contribution in [0.15, 0.2) is 0 Å². The molecule has 6 aliphatic rings. The number of aliphatic carboxylic acids is 4. The molecular formula is C72H138N6O30. The molecule has 636 valence electrons. The Hall–Kier alpha value is -7.80. The van der Waals surface area contributed by atoms with Gasteiger partial charge in [0.2, 0.25) is 0 Å². The molecule has 0 aromatic carbocycles. The summed E-state index contributed by atoms with van der Waals surface area (Å²) in [5.41, 5.74) is -3.80. The quantitative estimate of drug-likeness (QED) is 0.0876. The Balaban J connectivity index is -0.000000286. The molecule has 108 heavy (non-hydrogen) atoms. The lowest BCUT2D eigenvalue weighted by atomic mass is 10.2. The van der Waals surface area contributed by atoms with Crippen LogP contribution in [0, 0.1) is 0 Å². The zero-order chi connectivity index (χ0) is 79.3. The number of methoxy groups -OCH3 is 6. The number of carbonyl (C=O) groups is 12. The second kappa shape index (κ2) is 47.3. The molecule has 36 nitrogen and oxygen atoms in total. The highest BCUT2D eigenvalue weighted by Crippen LogP contribution is 2.29. The van der Waals surface area contributed by atoms with Crippen molar-refractivity contribution in [3.8, 4) is 0 Å². The van der Waals surface area contributed by atoms with E-state index in [0.717, 1.165) is 9.80 Å². The summed E-state index contributed by atoms with van der Waals surface area (Å²) >= 11 is 0. The number of carboxylic acids is 4. The third-order valence-corrected chi connectivity index (χ3v) is 14.8. The number of rotatable bonds is 10. The van der Waals surface area contributed by atoms with Crippen LogP contribution in [0.25, 0.3) is 0 Å². The van der Waals surface area contributed by atoms with Gasteiger partial charge in [0, 0.05) is 67.0 Å². The van der Waals surface area contributed by atoms with Gasteiger partial charge >= 0.3 is 72.4 Å². The van der Waals surface area contributed by atoms with Crippen LogP contribution in [0.3, 0.4) is 0 Å². The van der Waals surface area contributed by atoms with Crippen molar-refractivity contribution in [3.05, 3.63) is 0 Å². The van der Waals surface area contributed by atoms with Crippen LogP contribution >= 0.6 is 0 Å². The minimum atomic E-state index is -1.12. The molecular weight excluding hydrogens is 1430 g/mol. The van der Waals surface area contributed by atoms with Crippen molar-refractivity contribution in [2.45, 2.75) is 314 Å². The van der Waals surface area contributed by atoms with Gasteiger partial charge in [0.05, 0.1) is 90.1 Å². The molecule has 6 heterocycles. The zero-order valence-corrected chi connectivity index (χ0v) is 63.6. The van der Waals surface area contributed by atoms with E-state index in [2.05, 4.69) is 0 Å². The Labute approximate surface area is 640 Å². The number of ether oxygens (including phenoxy) is 12. The first-order valence-corrected chi connectivity index (χ1v) is 33.0. The number of amides is 6. The van der Waals surface area contributed by atoms with Crippen LogP contribution in [-0.4, -0.2) is 321 Å². The number of nitrogens with zero attached hydrogens (tertiary/aromatic N) is 6. The van der Waals surface area contributed by atoms with Crippen molar-refractivity contribution in [3.63, 3.8) is 0 Å². The van der Waals surface area contributed by atoms with Crippen molar-refractivity contribution >= 4 is 72.4 Å². The summed E-state index contributed by atoms with van der Waals surface area (Å²) in [6, 6.07) is -4.98. The maximum atomic E-state index is 12.0. The summed E-state index contributed by atoms with van der Waals surface area (Å²) in [5, 5.41) is 54.6. The number of hydrogen-bond donors (Lipinski definition) is 6. The van der Waals surface area contributed by atoms with E-state index in [1.807, 2.05) is 0 Å². The lowest BCUT2D eigenvalue weighted by Crippen LogP contribution is -2.44. The van der Waals surface area contributed by atoms with Crippen molar-refractivity contribution in [2.75, 3.05) is 81.9 Å². The number of hydrogen-bond acceptors (Lipinski definition) is 26. The van der Waals surface area contributed by atoms with E-state index in [-0.39, 0.29) is 108 Å². The molecule has 0 aromatic heterocycles. The smallest absolute Gasteiger partial charge is 0.411 e. The topological polar surface area (TPSA) is 456 Å². The Morgan fingerprint density at radius 2 is 0.407 bits per heavy atom. The largest absolute Gasteiger partial charge is 0.480 e. The monoisotopic (exact) mass is 1570 g/mol. The first-order valence-electron chi connectivity index (χ1n) is 33.0. The number of aliphatic hydroxyl groups is 2. The van der Waals surface area contributed by atoms with Gasteiger partial charge in [0.25, 0.3) is 0 Å². The predicted molar refractivity (Wildman–Crippen MR) is 398 cm³/mol. The number of esters is 2. The number of carboxylic acid groups (broad SMARTS) is 4. The summed E-state index contributed by atoms with van der Waals surface area (Å²) in [6.07, 6.45) is -4.50. The molecule has 6 N–H and O–H groups in total. The summed E-state index contributed by atoms with van der Waals surface area (Å²) in [6.45, 7) is 32.5. The van der Waals surface area contributed by atoms with Crippen LogP contribution in [0.5, 0.6) is 0 Å². The third kappa shape index (κ3) is 39.0. The average molecular weight is 1570 g/mol. The van der Waals surface area contributed by atoms with Crippen LogP contribution in [0.4, 0.5) is 28.8 Å². The molecule has 0 saturated carbocycles. The Morgan fingerprint density at radius 3 is 0.556 bits per heavy atom. The van der Waals surface area contributed by atoms with Gasteiger partial charge in [-0.2, -0.15) is 0 Å². The first kappa shape index (κ1) is 111. The molecule has 6 fully saturated rings. The summed E-state index contributed by atoms with van der Waals surface area (Å²) in [5.74, 6) is -5.20. The van der Waals surface area contributed by atoms with E-state index in [9.17, 15) is 67.7 Å². The van der Waals surface area contributed by atoms with Gasteiger partial charge in [-0.15, -0.1) is 0 Å². The van der Waals surface area contributed by atoms with Gasteiger partial charge in [0.1, 0.15) is 69.9 Å². The van der Waals surface area contributed by atoms with Crippen molar-refractivity contribution in [1.29, 1.82) is 0 Å². The number of β-amino-alcohol motifs (C(OH)–C–C–N with tert-alkyl or cyclic N) is 2. The molecule has 0 radical (unpaired) electrons. The fourth-order valence-corrected chi connectivity index (χ4v) is 10.3. The average Bonchev–Trinajstić information content (AvgIpc) is 1.71. The molecule has 6 amide bonds. The summed E-state index contributed by atoms with van der Waals surface area (Å²) in [4.78, 5) is 145. The van der Waals surface area contributed by atoms with E-state index in [4.69, 9.17) is 77.3 Å². The lowest BCUT2D eigenvalue weighted by Gasteiger charge is -2.27. The molecule has 6 rings (SSSR count). The Morgan fingerprint density at radius 1 is 0.259 bits per heavy atom. The number of aliphatic hydroxyl groups excluding tert-OH is 2. The molecule has 0 spiro atoms. The van der Waals surface area contributed by atoms with Crippen LogP contribution in [0.2, 0.25) is 0 Å². The van der Waals surface area contributed by atoms with E-state index in [1.165, 1.54) is 48.0 Å². The van der Waals surface area contributed by atoms with Crippen molar-refractivity contribution < 1.29 is 145 Å². The Kier molecular flexibility index (Phi) is 48.7. The predicted octanol–water partition coefficient (Wildman–Crippen LogP) is 9.26. The van der Waals surface area contributed by atoms with Gasteiger partial charge in [-0.05, 0) is 125 Å². The highest BCUT2D eigenvalue weighted by Gasteiger charge is 2.47. The molecule has 6 saturated heterocycles. The minimum absolute atomic E-state index is 0. The van der Waals surface area contributed by atoms with Crippen LogP contribution < -0.4 is 0 Å². The molecule has 0 bridgehead atoms. The summed E-state index contributed by atoms with van der Waals surface area (Å²) < 4.78 is 60.9. The molecule has 0 aliphatic carbocycles. The number of likely N-dealkylation sites (tertiary alicyclic amines) is 6. The minimum Gasteiger partial charge on any atom is -0.480 e. The normalized spacial score (nSPS) is 23.4. The fraction of sp³-hybridized carbons (Fsp3) is 0.833. The van der Waals surface area contributed by atoms with Gasteiger partial charge in [0.15, 0.2) is 0 Å². The highest BCUT2D eigenvalue weighted by molar-refractivity contribution is 5.85. The van der Waals surface area contributed by atoms with E-state index in [0.29, 0.717) is 38.8 Å². The molecule has 12 atom stereocenters. The first-order chi connectivity index (χ1) is 46.5. The van der Waals surface area contributed by atoms with E-state index in [1.54, 1.807) is 139 Å². The van der Waals surface area contributed by atoms with E-state index < -0.39 is 154 Å². The molecule has 6 aliphatic heterocycles. The maximum Gasteiger partial charge on any atom is 0.411 e. The van der Waals surface area contributed by atoms with Gasteiger partial charge in [-0.3, -0.25) is 29.4 Å². The SMILES string of the molecule is C.C.C.C.C.C.CC(C)(C)OC(=O)N1C[C@@H](O)C[C@H]1C(=O)O.CC(C)(C)OC(=O)N1C[C@H](O)C[C@H]1C(=O)O.COC(=O)[C@@H]1C[C@@H](OC)CN1C(=O)OC(C)(C)C.COC(=O)[C@@H]1C[C@H](OC)CN1C(=O)OC(C)(C)C.CO[C@@H]1C[C@@H](C(=O)O)N(C(=O)OC(C)(C)C)C1.CO[C@H]1C[C@@H](C(=O)O)N(C(=O)OC(C)(C)C)C1. The maximum absolute atomic E-state index is 12.0. The molecule has 36 heteroatoms. The van der Waals surface area contributed by atoms with Crippen molar-refractivity contribution in [2.24, 2.45) is 0 Å². The fourth-order valence-electron chi connectivity index (χ4n) is 10.3. The standard InChI is InChI=1S/2C12H21NO5.2C11H19NO5.2C10H17NO5.6CH4/c2*1-12(2,3)18-11(15)13-7-8(16-4)6-9(13)10(14)17-5;2*1-11(2,3)17-10(15)12-6-7(16-4)5-8(12)9(13)14;2*1-10(2,3)16-9(15)11-5-6(12)4-7(11)8(13)14;;;;;;/h2*8-9H,6-7H2,1-5H3;2*7-8H,5-6H2,1-4H3,(H,13,14);2*6-7,12H,4-5H2,1-3H3,(H,13,14);6*1H4/t8-,9+;8-,9-;7-,8+;7-,8-;6-,7+;6-,7-;;;;;;/m101010....../s1. The molecule has 0 aromatic rings. The molecule has 0 unspecified atom stereocenters. The second-order valence-electron chi connectivity index (χ2n) is 30.4. The van der Waals surface area contributed by atoms with Crippen LogP contribution in [-0.2, 0) is 85.6 Å².